The molecule has 0 radical (unpaired) electrons. The van der Waals surface area contributed by atoms with Crippen LogP contribution < -0.4 is 10.1 Å². The SMILES string of the molecule is CCc1ccc(C2CNc3cccc(Br)c3O2)s1. The van der Waals surface area contributed by atoms with Gasteiger partial charge in [-0.25, -0.2) is 0 Å². The van der Waals surface area contributed by atoms with Crippen LogP contribution in [0.15, 0.2) is 34.8 Å². The third-order valence-electron chi connectivity index (χ3n) is 3.05. The smallest absolute Gasteiger partial charge is 0.157 e. The van der Waals surface area contributed by atoms with Gasteiger partial charge in [0.25, 0.3) is 0 Å². The first-order valence-corrected chi connectivity index (χ1v) is 7.66. The Bertz CT molecular complexity index is 567. The average molecular weight is 324 g/mol. The molecule has 3 rings (SSSR count). The molecule has 2 heterocycles. The summed E-state index contributed by atoms with van der Waals surface area (Å²) in [6.45, 7) is 3.01. The second kappa shape index (κ2) is 4.94. The maximum absolute atomic E-state index is 6.11. The molecule has 1 aromatic heterocycles. The van der Waals surface area contributed by atoms with Crippen LogP contribution in [0.5, 0.6) is 5.75 Å². The summed E-state index contributed by atoms with van der Waals surface area (Å²) >= 11 is 5.38. The minimum Gasteiger partial charge on any atom is -0.480 e. The van der Waals surface area contributed by atoms with Crippen LogP contribution in [-0.2, 0) is 6.42 Å². The first-order chi connectivity index (χ1) is 8.78. The van der Waals surface area contributed by atoms with Crippen molar-refractivity contribution >= 4 is 33.0 Å². The van der Waals surface area contributed by atoms with Crippen LogP contribution in [0.3, 0.4) is 0 Å². The molecule has 0 saturated heterocycles. The van der Waals surface area contributed by atoms with Gasteiger partial charge in [0.1, 0.15) is 0 Å². The molecule has 1 aliphatic rings. The van der Waals surface area contributed by atoms with Crippen molar-refractivity contribution in [2.75, 3.05) is 11.9 Å². The van der Waals surface area contributed by atoms with Gasteiger partial charge in [-0.3, -0.25) is 0 Å². The topological polar surface area (TPSA) is 21.3 Å². The summed E-state index contributed by atoms with van der Waals surface area (Å²) in [5.74, 6) is 0.917. The Hall–Kier alpha value is -1.000. The standard InChI is InChI=1S/C14H14BrNOS/c1-2-9-6-7-13(18-9)12-8-16-11-5-3-4-10(15)14(11)17-12/h3-7,12,16H,2,8H2,1H3. The summed E-state index contributed by atoms with van der Waals surface area (Å²) < 4.78 is 7.11. The van der Waals surface area contributed by atoms with Gasteiger partial charge in [0.2, 0.25) is 0 Å². The van der Waals surface area contributed by atoms with E-state index in [1.54, 1.807) is 0 Å². The lowest BCUT2D eigenvalue weighted by molar-refractivity contribution is 0.213. The molecule has 0 bridgehead atoms. The van der Waals surface area contributed by atoms with Gasteiger partial charge in [0.05, 0.1) is 16.7 Å². The van der Waals surface area contributed by atoms with Crippen LogP contribution in [0.2, 0.25) is 0 Å². The summed E-state index contributed by atoms with van der Waals surface area (Å²) in [5.41, 5.74) is 1.06. The molecule has 2 aromatic rings. The monoisotopic (exact) mass is 323 g/mol. The molecule has 1 aliphatic heterocycles. The Balaban J connectivity index is 1.88. The van der Waals surface area contributed by atoms with E-state index in [0.29, 0.717) is 0 Å². The fourth-order valence-corrected chi connectivity index (χ4v) is 3.51. The van der Waals surface area contributed by atoms with Gasteiger partial charge in [-0.15, -0.1) is 11.3 Å². The van der Waals surface area contributed by atoms with Crippen LogP contribution in [0.4, 0.5) is 5.69 Å². The van der Waals surface area contributed by atoms with Gasteiger partial charge in [-0.05, 0) is 46.6 Å². The van der Waals surface area contributed by atoms with Crippen molar-refractivity contribution in [1.82, 2.24) is 0 Å². The molecule has 0 fully saturated rings. The molecule has 1 atom stereocenters. The molecule has 0 saturated carbocycles. The fraction of sp³-hybridized carbons (Fsp3) is 0.286. The minimum atomic E-state index is 0.112. The number of ether oxygens (including phenoxy) is 1. The highest BCUT2D eigenvalue weighted by molar-refractivity contribution is 9.10. The summed E-state index contributed by atoms with van der Waals surface area (Å²) in [4.78, 5) is 2.70. The van der Waals surface area contributed by atoms with Gasteiger partial charge >= 0.3 is 0 Å². The number of hydrogen-bond donors (Lipinski definition) is 1. The quantitative estimate of drug-likeness (QED) is 0.870. The van der Waals surface area contributed by atoms with E-state index in [4.69, 9.17) is 4.74 Å². The zero-order valence-electron chi connectivity index (χ0n) is 10.1. The first-order valence-electron chi connectivity index (χ1n) is 6.05. The van der Waals surface area contributed by atoms with Crippen LogP contribution >= 0.6 is 27.3 Å². The number of anilines is 1. The van der Waals surface area contributed by atoms with Crippen LogP contribution in [0.25, 0.3) is 0 Å². The highest BCUT2D eigenvalue weighted by Crippen LogP contribution is 2.40. The summed E-state index contributed by atoms with van der Waals surface area (Å²) in [6, 6.07) is 10.4. The van der Waals surface area contributed by atoms with Crippen molar-refractivity contribution in [3.8, 4) is 5.75 Å². The third kappa shape index (κ3) is 2.15. The number of nitrogens with one attached hydrogen (secondary N) is 1. The van der Waals surface area contributed by atoms with Gasteiger partial charge in [-0.1, -0.05) is 13.0 Å². The van der Waals surface area contributed by atoms with Crippen molar-refractivity contribution in [2.24, 2.45) is 0 Å². The third-order valence-corrected chi connectivity index (χ3v) is 5.00. The summed E-state index contributed by atoms with van der Waals surface area (Å²) in [6.07, 6.45) is 1.20. The lowest BCUT2D eigenvalue weighted by Crippen LogP contribution is -2.23. The molecule has 1 N–H and O–H groups in total. The zero-order chi connectivity index (χ0) is 12.5. The van der Waals surface area contributed by atoms with Crippen LogP contribution in [-0.4, -0.2) is 6.54 Å². The molecule has 4 heteroatoms. The van der Waals surface area contributed by atoms with E-state index >= 15 is 0 Å². The Morgan fingerprint density at radius 3 is 3.06 bits per heavy atom. The Morgan fingerprint density at radius 1 is 1.39 bits per heavy atom. The number of thiophene rings is 1. The van der Waals surface area contributed by atoms with E-state index in [1.807, 2.05) is 29.5 Å². The van der Waals surface area contributed by atoms with Crippen LogP contribution in [0.1, 0.15) is 22.8 Å². The zero-order valence-corrected chi connectivity index (χ0v) is 12.5. The lowest BCUT2D eigenvalue weighted by Gasteiger charge is -2.27. The number of aryl methyl sites for hydroxylation is 1. The van der Waals surface area contributed by atoms with E-state index < -0.39 is 0 Å². The summed E-state index contributed by atoms with van der Waals surface area (Å²) in [7, 11) is 0. The maximum atomic E-state index is 6.11. The van der Waals surface area contributed by atoms with Gasteiger partial charge < -0.3 is 10.1 Å². The van der Waals surface area contributed by atoms with E-state index in [2.05, 4.69) is 40.3 Å². The molecular weight excluding hydrogens is 310 g/mol. The first kappa shape index (κ1) is 12.1. The van der Waals surface area contributed by atoms with Gasteiger partial charge in [0.15, 0.2) is 11.9 Å². The Labute approximate surface area is 119 Å². The molecule has 0 spiro atoms. The largest absolute Gasteiger partial charge is 0.480 e. The number of fused-ring (bicyclic) bond motifs is 1. The summed E-state index contributed by atoms with van der Waals surface area (Å²) in [5, 5.41) is 3.43. The lowest BCUT2D eigenvalue weighted by atomic mass is 10.2. The molecule has 2 nitrogen and oxygen atoms in total. The molecular formula is C14H14BrNOS. The average Bonchev–Trinajstić information content (AvgIpc) is 2.88. The highest BCUT2D eigenvalue weighted by atomic mass is 79.9. The van der Waals surface area contributed by atoms with E-state index in [9.17, 15) is 0 Å². The van der Waals surface area contributed by atoms with E-state index in [0.717, 1.165) is 28.9 Å². The minimum absolute atomic E-state index is 0.112. The van der Waals surface area contributed by atoms with Gasteiger partial charge in [0, 0.05) is 9.75 Å². The molecule has 0 aliphatic carbocycles. The number of benzene rings is 1. The van der Waals surface area contributed by atoms with Crippen molar-refractivity contribution in [1.29, 1.82) is 0 Å². The Morgan fingerprint density at radius 2 is 2.28 bits per heavy atom. The van der Waals surface area contributed by atoms with Crippen LogP contribution in [0, 0.1) is 0 Å². The number of rotatable bonds is 2. The number of para-hydroxylation sites is 1. The van der Waals surface area contributed by atoms with Crippen molar-refractivity contribution in [3.05, 3.63) is 44.6 Å². The van der Waals surface area contributed by atoms with E-state index in [1.165, 1.54) is 9.75 Å². The number of hydrogen-bond acceptors (Lipinski definition) is 3. The second-order valence-corrected chi connectivity index (χ2v) is 6.32. The fourth-order valence-electron chi connectivity index (χ4n) is 2.07. The molecule has 1 unspecified atom stereocenters. The number of halogens is 1. The normalized spacial score (nSPS) is 17.8. The Kier molecular flexibility index (Phi) is 3.31. The van der Waals surface area contributed by atoms with Crippen molar-refractivity contribution < 1.29 is 4.74 Å². The van der Waals surface area contributed by atoms with Crippen molar-refractivity contribution in [2.45, 2.75) is 19.4 Å². The second-order valence-electron chi connectivity index (χ2n) is 4.26. The predicted octanol–water partition coefficient (Wildman–Crippen LogP) is 4.62. The molecule has 18 heavy (non-hydrogen) atoms. The molecule has 0 amide bonds. The predicted molar refractivity (Wildman–Crippen MR) is 79.7 cm³/mol. The highest BCUT2D eigenvalue weighted by Gasteiger charge is 2.23. The van der Waals surface area contributed by atoms with E-state index in [-0.39, 0.29) is 6.10 Å². The molecule has 94 valence electrons. The molecule has 1 aromatic carbocycles. The van der Waals surface area contributed by atoms with Gasteiger partial charge in [-0.2, -0.15) is 0 Å². The van der Waals surface area contributed by atoms with Crippen molar-refractivity contribution in [3.63, 3.8) is 0 Å². The maximum Gasteiger partial charge on any atom is 0.157 e.